The Morgan fingerprint density at radius 2 is 2.10 bits per heavy atom. The Balaban J connectivity index is 1.80. The Bertz CT molecular complexity index is 585. The fourth-order valence-corrected chi connectivity index (χ4v) is 3.31. The van der Waals surface area contributed by atoms with Crippen LogP contribution in [0.25, 0.3) is 6.08 Å². The molecule has 0 bridgehead atoms. The van der Waals surface area contributed by atoms with Gasteiger partial charge < -0.3 is 9.32 Å². The zero-order valence-corrected chi connectivity index (χ0v) is 12.4. The van der Waals surface area contributed by atoms with Gasteiger partial charge in [-0.3, -0.25) is 14.7 Å². The average Bonchev–Trinajstić information content (AvgIpc) is 3.15. The van der Waals surface area contributed by atoms with Crippen molar-refractivity contribution in [1.29, 1.82) is 0 Å². The molecule has 5 nitrogen and oxygen atoms in total. The van der Waals surface area contributed by atoms with E-state index in [2.05, 4.69) is 9.89 Å². The average molecular weight is 291 g/mol. The van der Waals surface area contributed by atoms with Gasteiger partial charge in [0.25, 0.3) is 5.91 Å². The van der Waals surface area contributed by atoms with Crippen LogP contribution in [0.2, 0.25) is 0 Å². The Kier molecular flexibility index (Phi) is 3.56. The topological polar surface area (TPSA) is 49.1 Å². The maximum Gasteiger partial charge on any atom is 0.266 e. The fourth-order valence-electron chi connectivity index (χ4n) is 2.41. The number of nitrogens with zero attached hydrogens (tertiary/aromatic N) is 3. The van der Waals surface area contributed by atoms with Gasteiger partial charge in [0.1, 0.15) is 5.76 Å². The van der Waals surface area contributed by atoms with Gasteiger partial charge in [-0.25, -0.2) is 0 Å². The van der Waals surface area contributed by atoms with Crippen molar-refractivity contribution in [1.82, 2.24) is 4.90 Å². The molecular weight excluding hydrogens is 274 g/mol. The molecule has 6 heteroatoms. The third-order valence-corrected chi connectivity index (χ3v) is 4.65. The number of carbonyl (C=O) groups excluding carboxylic acids is 1. The third kappa shape index (κ3) is 2.35. The first kappa shape index (κ1) is 13.3. The van der Waals surface area contributed by atoms with Crippen LogP contribution >= 0.6 is 11.8 Å². The number of carbonyl (C=O) groups is 1. The number of furan rings is 1. The fraction of sp³-hybridized carbons (Fsp3) is 0.429. The molecular formula is C14H17N3O2S. The van der Waals surface area contributed by atoms with Gasteiger partial charge in [0.2, 0.25) is 0 Å². The minimum atomic E-state index is -0.0327. The summed E-state index contributed by atoms with van der Waals surface area (Å²) in [6.45, 7) is 2.10. The van der Waals surface area contributed by atoms with Gasteiger partial charge >= 0.3 is 0 Å². The quantitative estimate of drug-likeness (QED) is 0.785. The normalized spacial score (nSPS) is 23.6. The largest absolute Gasteiger partial charge is 0.441 e. The van der Waals surface area contributed by atoms with Gasteiger partial charge in [-0.15, -0.1) is 0 Å². The first-order valence-electron chi connectivity index (χ1n) is 6.68. The summed E-state index contributed by atoms with van der Waals surface area (Å²) in [6.07, 6.45) is 4.22. The van der Waals surface area contributed by atoms with Crippen LogP contribution in [0.5, 0.6) is 0 Å². The van der Waals surface area contributed by atoms with Gasteiger partial charge in [-0.1, -0.05) is 0 Å². The van der Waals surface area contributed by atoms with Crippen molar-refractivity contribution in [2.24, 2.45) is 4.99 Å². The standard InChI is InChI=1S/C14H17N3O2S/c1-15-14-16(2)13(18)11(20-14)9-10-5-6-12(19-10)17-7-3-4-8-17/h5-6,9H,3-4,7-8H2,1-2H3/b11-9-,15-14?. The van der Waals surface area contributed by atoms with Crippen molar-refractivity contribution >= 4 is 34.8 Å². The monoisotopic (exact) mass is 291 g/mol. The van der Waals surface area contributed by atoms with Crippen molar-refractivity contribution in [3.05, 3.63) is 22.8 Å². The van der Waals surface area contributed by atoms with Crippen LogP contribution in [0.15, 0.2) is 26.4 Å². The van der Waals surface area contributed by atoms with E-state index in [1.807, 2.05) is 12.1 Å². The molecule has 0 atom stereocenters. The number of anilines is 1. The Labute approximate surface area is 122 Å². The number of hydrogen-bond donors (Lipinski definition) is 0. The molecule has 2 fully saturated rings. The van der Waals surface area contributed by atoms with E-state index >= 15 is 0 Å². The zero-order chi connectivity index (χ0) is 14.1. The molecule has 0 spiro atoms. The van der Waals surface area contributed by atoms with E-state index in [0.717, 1.165) is 19.0 Å². The molecule has 2 aliphatic heterocycles. The minimum Gasteiger partial charge on any atom is -0.441 e. The Morgan fingerprint density at radius 3 is 2.75 bits per heavy atom. The van der Waals surface area contributed by atoms with Gasteiger partial charge in [0.15, 0.2) is 11.1 Å². The van der Waals surface area contributed by atoms with Gasteiger partial charge in [0, 0.05) is 39.3 Å². The summed E-state index contributed by atoms with van der Waals surface area (Å²) in [7, 11) is 3.42. The molecule has 20 heavy (non-hydrogen) atoms. The van der Waals surface area contributed by atoms with Crippen LogP contribution < -0.4 is 4.90 Å². The van der Waals surface area contributed by atoms with Gasteiger partial charge in [-0.05, 0) is 30.7 Å². The second-order valence-corrected chi connectivity index (χ2v) is 5.86. The summed E-state index contributed by atoms with van der Waals surface area (Å²) in [4.78, 5) is 20.6. The second kappa shape index (κ2) is 5.36. The minimum absolute atomic E-state index is 0.0327. The molecule has 0 N–H and O–H groups in total. The number of amides is 1. The van der Waals surface area contributed by atoms with E-state index in [0.29, 0.717) is 15.8 Å². The highest BCUT2D eigenvalue weighted by Gasteiger charge is 2.30. The first-order valence-corrected chi connectivity index (χ1v) is 7.50. The smallest absolute Gasteiger partial charge is 0.266 e. The van der Waals surface area contributed by atoms with E-state index < -0.39 is 0 Å². The van der Waals surface area contributed by atoms with Gasteiger partial charge in [0.05, 0.1) is 4.91 Å². The van der Waals surface area contributed by atoms with Crippen LogP contribution in [0.1, 0.15) is 18.6 Å². The van der Waals surface area contributed by atoms with Crippen LogP contribution in [0.4, 0.5) is 5.88 Å². The zero-order valence-electron chi connectivity index (χ0n) is 11.6. The SMILES string of the molecule is CN=C1S/C(=C\c2ccc(N3CCCC3)o2)C(=O)N1C. The summed E-state index contributed by atoms with van der Waals surface area (Å²) in [5.41, 5.74) is 0. The lowest BCUT2D eigenvalue weighted by atomic mass is 10.3. The highest BCUT2D eigenvalue weighted by Crippen LogP contribution is 2.32. The Hall–Kier alpha value is -1.69. The molecule has 2 aliphatic rings. The molecule has 1 aromatic rings. The molecule has 106 valence electrons. The van der Waals surface area contributed by atoms with Crippen LogP contribution in [0.3, 0.4) is 0 Å². The molecule has 0 unspecified atom stereocenters. The molecule has 3 heterocycles. The molecule has 1 amide bonds. The summed E-state index contributed by atoms with van der Waals surface area (Å²) >= 11 is 1.38. The van der Waals surface area contributed by atoms with Crippen molar-refractivity contribution < 1.29 is 9.21 Å². The lowest BCUT2D eigenvalue weighted by Crippen LogP contribution is -2.23. The predicted octanol–water partition coefficient (Wildman–Crippen LogP) is 2.41. The van der Waals surface area contributed by atoms with E-state index in [1.54, 1.807) is 25.1 Å². The van der Waals surface area contributed by atoms with Crippen LogP contribution in [0, 0.1) is 0 Å². The van der Waals surface area contributed by atoms with Crippen LogP contribution in [-0.4, -0.2) is 43.2 Å². The second-order valence-electron chi connectivity index (χ2n) is 4.85. The molecule has 0 saturated carbocycles. The number of likely N-dealkylation sites (N-methyl/N-ethyl adjacent to an activating group) is 1. The molecule has 0 aromatic carbocycles. The number of thioether (sulfide) groups is 1. The number of aliphatic imine (C=N–C) groups is 1. The van der Waals surface area contributed by atoms with E-state index in [1.165, 1.54) is 24.6 Å². The van der Waals surface area contributed by atoms with Crippen molar-refractivity contribution in [3.63, 3.8) is 0 Å². The highest BCUT2D eigenvalue weighted by atomic mass is 32.2. The van der Waals surface area contributed by atoms with Gasteiger partial charge in [-0.2, -0.15) is 0 Å². The maximum absolute atomic E-state index is 12.0. The lowest BCUT2D eigenvalue weighted by molar-refractivity contribution is -0.121. The number of hydrogen-bond acceptors (Lipinski definition) is 5. The molecule has 3 rings (SSSR count). The van der Waals surface area contributed by atoms with E-state index in [9.17, 15) is 4.79 Å². The number of amidine groups is 1. The van der Waals surface area contributed by atoms with Crippen molar-refractivity contribution in [2.45, 2.75) is 12.8 Å². The van der Waals surface area contributed by atoms with E-state index in [4.69, 9.17) is 4.42 Å². The highest BCUT2D eigenvalue weighted by molar-refractivity contribution is 8.18. The molecule has 1 aromatic heterocycles. The van der Waals surface area contributed by atoms with E-state index in [-0.39, 0.29) is 5.91 Å². The summed E-state index contributed by atoms with van der Waals surface area (Å²) in [6, 6.07) is 3.88. The molecule has 0 radical (unpaired) electrons. The molecule has 2 saturated heterocycles. The summed E-state index contributed by atoms with van der Waals surface area (Å²) in [5, 5.41) is 0.715. The first-order chi connectivity index (χ1) is 9.69. The van der Waals surface area contributed by atoms with Crippen molar-refractivity contribution in [2.75, 3.05) is 32.1 Å². The number of rotatable bonds is 2. The Morgan fingerprint density at radius 1 is 1.35 bits per heavy atom. The molecule has 0 aliphatic carbocycles. The predicted molar refractivity (Wildman–Crippen MR) is 81.9 cm³/mol. The third-order valence-electron chi connectivity index (χ3n) is 3.50. The summed E-state index contributed by atoms with van der Waals surface area (Å²) in [5.74, 6) is 1.57. The van der Waals surface area contributed by atoms with Crippen molar-refractivity contribution in [3.8, 4) is 0 Å². The lowest BCUT2D eigenvalue weighted by Gasteiger charge is -2.12. The maximum atomic E-state index is 12.0. The summed E-state index contributed by atoms with van der Waals surface area (Å²) < 4.78 is 5.81. The van der Waals surface area contributed by atoms with Crippen LogP contribution in [-0.2, 0) is 4.79 Å².